The zero-order valence-corrected chi connectivity index (χ0v) is 9.53. The van der Waals surface area contributed by atoms with Gasteiger partial charge in [-0.1, -0.05) is 0 Å². The van der Waals surface area contributed by atoms with Crippen molar-refractivity contribution < 1.29 is 34.0 Å². The van der Waals surface area contributed by atoms with Crippen LogP contribution in [-0.4, -0.2) is 64.1 Å². The van der Waals surface area contributed by atoms with Gasteiger partial charge >= 0.3 is 7.60 Å². The number of aliphatic hydroxyl groups is 3. The minimum Gasteiger partial charge on any atom is -0.394 e. The number of rotatable bonds is 3. The van der Waals surface area contributed by atoms with Crippen LogP contribution in [0.2, 0.25) is 0 Å². The van der Waals surface area contributed by atoms with Crippen LogP contribution in [0.5, 0.6) is 0 Å². The molecule has 0 saturated carbocycles. The minimum atomic E-state index is -3.83. The molecule has 1 fully saturated rings. The summed E-state index contributed by atoms with van der Waals surface area (Å²) in [5.74, 6) is 0. The van der Waals surface area contributed by atoms with Crippen molar-refractivity contribution in [1.29, 1.82) is 0 Å². The van der Waals surface area contributed by atoms with Gasteiger partial charge in [-0.3, -0.25) is 9.09 Å². The Morgan fingerprint density at radius 3 is 2.44 bits per heavy atom. The molecule has 0 aromatic heterocycles. The van der Waals surface area contributed by atoms with Gasteiger partial charge in [-0.25, -0.2) is 0 Å². The van der Waals surface area contributed by atoms with Gasteiger partial charge in [-0.2, -0.15) is 0 Å². The first-order valence-electron chi connectivity index (χ1n) is 4.63. The number of nitrogens with two attached hydrogens (primary N) is 1. The van der Waals surface area contributed by atoms with Crippen LogP contribution in [0.1, 0.15) is 0 Å². The van der Waals surface area contributed by atoms with Crippen LogP contribution in [0.4, 0.5) is 0 Å². The van der Waals surface area contributed by atoms with Gasteiger partial charge in [0.05, 0.1) is 12.6 Å². The third-order valence-corrected chi connectivity index (χ3v) is 2.83. The SMILES string of the molecule is CP(=O)(O)O[C@H]1OC(CO)[C@H](O)[C@H](O)C1N. The molecule has 9 heteroatoms. The highest BCUT2D eigenvalue weighted by Gasteiger charge is 2.44. The maximum atomic E-state index is 11.0. The van der Waals surface area contributed by atoms with Crippen molar-refractivity contribution >= 4 is 7.60 Å². The van der Waals surface area contributed by atoms with E-state index in [1.165, 1.54) is 0 Å². The number of hydrogen-bond donors (Lipinski definition) is 5. The van der Waals surface area contributed by atoms with Gasteiger partial charge < -0.3 is 30.7 Å². The normalized spacial score (nSPS) is 44.0. The van der Waals surface area contributed by atoms with Crippen LogP contribution < -0.4 is 5.73 Å². The smallest absolute Gasteiger partial charge is 0.327 e. The third kappa shape index (κ3) is 3.22. The van der Waals surface area contributed by atoms with Crippen molar-refractivity contribution in [3.63, 3.8) is 0 Å². The Bertz CT molecular complexity index is 280. The van der Waals surface area contributed by atoms with Crippen molar-refractivity contribution in [3.05, 3.63) is 0 Å². The first-order chi connectivity index (χ1) is 7.26. The first kappa shape index (κ1) is 14.0. The second-order valence-corrected chi connectivity index (χ2v) is 5.51. The molecule has 1 rings (SSSR count). The molecule has 0 bridgehead atoms. The summed E-state index contributed by atoms with van der Waals surface area (Å²) in [6.07, 6.45) is -5.22. The molecular formula is C7H16NO7P. The highest BCUT2D eigenvalue weighted by atomic mass is 31.2. The zero-order valence-electron chi connectivity index (χ0n) is 8.63. The summed E-state index contributed by atoms with van der Waals surface area (Å²) >= 11 is 0. The lowest BCUT2D eigenvalue weighted by Gasteiger charge is -2.40. The monoisotopic (exact) mass is 257 g/mol. The van der Waals surface area contributed by atoms with E-state index in [-0.39, 0.29) is 0 Å². The van der Waals surface area contributed by atoms with E-state index in [9.17, 15) is 14.8 Å². The molecule has 0 amide bonds. The van der Waals surface area contributed by atoms with Crippen LogP contribution in [0.25, 0.3) is 0 Å². The number of aliphatic hydroxyl groups excluding tert-OH is 3. The Hall–Kier alpha value is -0.0500. The summed E-state index contributed by atoms with van der Waals surface area (Å²) < 4.78 is 20.6. The van der Waals surface area contributed by atoms with E-state index in [2.05, 4.69) is 4.52 Å². The third-order valence-electron chi connectivity index (χ3n) is 2.23. The molecule has 6 atom stereocenters. The summed E-state index contributed by atoms with van der Waals surface area (Å²) in [5, 5.41) is 27.8. The van der Waals surface area contributed by atoms with E-state index in [1.807, 2.05) is 0 Å². The summed E-state index contributed by atoms with van der Waals surface area (Å²) in [4.78, 5) is 8.99. The second-order valence-electron chi connectivity index (χ2n) is 3.69. The fraction of sp³-hybridized carbons (Fsp3) is 1.00. The van der Waals surface area contributed by atoms with Gasteiger partial charge in [-0.05, 0) is 0 Å². The fourth-order valence-corrected chi connectivity index (χ4v) is 1.97. The predicted molar refractivity (Wildman–Crippen MR) is 52.6 cm³/mol. The number of ether oxygens (including phenoxy) is 1. The van der Waals surface area contributed by atoms with Gasteiger partial charge in [0.2, 0.25) is 0 Å². The van der Waals surface area contributed by atoms with Crippen molar-refractivity contribution in [2.45, 2.75) is 30.6 Å². The largest absolute Gasteiger partial charge is 0.394 e. The molecular weight excluding hydrogens is 241 g/mol. The molecule has 1 aliphatic heterocycles. The summed E-state index contributed by atoms with van der Waals surface area (Å²) in [6, 6.07) is -1.17. The lowest BCUT2D eigenvalue weighted by molar-refractivity contribution is -0.240. The Morgan fingerprint density at radius 2 is 2.00 bits per heavy atom. The van der Waals surface area contributed by atoms with Crippen molar-refractivity contribution in [2.24, 2.45) is 5.73 Å². The van der Waals surface area contributed by atoms with Crippen LogP contribution in [0.15, 0.2) is 0 Å². The lowest BCUT2D eigenvalue weighted by atomic mass is 9.98. The van der Waals surface area contributed by atoms with E-state index in [0.717, 1.165) is 6.66 Å². The quantitative estimate of drug-likeness (QED) is 0.352. The van der Waals surface area contributed by atoms with Crippen LogP contribution in [-0.2, 0) is 13.8 Å². The molecule has 0 radical (unpaired) electrons. The van der Waals surface area contributed by atoms with Crippen LogP contribution in [0.3, 0.4) is 0 Å². The molecule has 0 aromatic carbocycles. The average molecular weight is 257 g/mol. The molecule has 3 unspecified atom stereocenters. The highest BCUT2D eigenvalue weighted by Crippen LogP contribution is 2.40. The van der Waals surface area contributed by atoms with Gasteiger partial charge in [0, 0.05) is 6.66 Å². The number of hydrogen-bond acceptors (Lipinski definition) is 7. The molecule has 1 heterocycles. The van der Waals surface area contributed by atoms with E-state index >= 15 is 0 Å². The molecule has 96 valence electrons. The average Bonchev–Trinajstić information content (AvgIpc) is 2.17. The Labute approximate surface area is 92.1 Å². The lowest BCUT2D eigenvalue weighted by Crippen LogP contribution is -2.62. The van der Waals surface area contributed by atoms with Crippen molar-refractivity contribution in [2.75, 3.05) is 13.3 Å². The van der Waals surface area contributed by atoms with Crippen LogP contribution in [0, 0.1) is 0 Å². The molecule has 0 aromatic rings. The first-order valence-corrected chi connectivity index (χ1v) is 6.65. The summed E-state index contributed by atoms with van der Waals surface area (Å²) in [6.45, 7) is 0.374. The molecule has 0 spiro atoms. The van der Waals surface area contributed by atoms with E-state index in [0.29, 0.717) is 0 Å². The summed E-state index contributed by atoms with van der Waals surface area (Å²) in [7, 11) is -3.83. The molecule has 1 aliphatic rings. The Kier molecular flexibility index (Phi) is 4.44. The second kappa shape index (κ2) is 5.07. The zero-order chi connectivity index (χ0) is 12.5. The fourth-order valence-electron chi connectivity index (χ4n) is 1.39. The molecule has 6 N–H and O–H groups in total. The van der Waals surface area contributed by atoms with Gasteiger partial charge in [-0.15, -0.1) is 0 Å². The van der Waals surface area contributed by atoms with E-state index in [4.69, 9.17) is 20.5 Å². The Balaban J connectivity index is 2.75. The maximum absolute atomic E-state index is 11.0. The van der Waals surface area contributed by atoms with E-state index < -0.39 is 44.8 Å². The van der Waals surface area contributed by atoms with Gasteiger partial charge in [0.1, 0.15) is 18.3 Å². The molecule has 16 heavy (non-hydrogen) atoms. The topological polar surface area (TPSA) is 142 Å². The van der Waals surface area contributed by atoms with Crippen LogP contribution >= 0.6 is 7.60 Å². The minimum absolute atomic E-state index is 0.565. The molecule has 8 nitrogen and oxygen atoms in total. The molecule has 0 aliphatic carbocycles. The predicted octanol–water partition coefficient (Wildman–Crippen LogP) is -2.42. The maximum Gasteiger partial charge on any atom is 0.327 e. The van der Waals surface area contributed by atoms with Crippen molar-refractivity contribution in [3.8, 4) is 0 Å². The van der Waals surface area contributed by atoms with Crippen molar-refractivity contribution in [1.82, 2.24) is 0 Å². The van der Waals surface area contributed by atoms with Gasteiger partial charge in [0.25, 0.3) is 0 Å². The highest BCUT2D eigenvalue weighted by molar-refractivity contribution is 7.51. The van der Waals surface area contributed by atoms with Gasteiger partial charge in [0.15, 0.2) is 6.29 Å². The summed E-state index contributed by atoms with van der Waals surface area (Å²) in [5.41, 5.74) is 5.46. The Morgan fingerprint density at radius 1 is 1.44 bits per heavy atom. The van der Waals surface area contributed by atoms with E-state index in [1.54, 1.807) is 0 Å². The standard InChI is InChI=1S/C7H16NO7P/c1-16(12,13)15-7-4(8)6(11)5(10)3(2-9)14-7/h3-7,9-11H,2,8H2,1H3,(H,12,13)/t3?,4?,5-,6+,7+/m0/s1. The molecule has 1 saturated heterocycles.